The van der Waals surface area contributed by atoms with Gasteiger partial charge in [0.15, 0.2) is 0 Å². The minimum atomic E-state index is -0.784. The molecule has 0 saturated heterocycles. The number of carbonyl (C=O) groups is 1. The van der Waals surface area contributed by atoms with E-state index in [2.05, 4.69) is 15.6 Å². The summed E-state index contributed by atoms with van der Waals surface area (Å²) in [5, 5.41) is 5.51. The summed E-state index contributed by atoms with van der Waals surface area (Å²) >= 11 is 0. The molecule has 0 atom stereocenters. The maximum atomic E-state index is 13.3. The number of nitrogens with one attached hydrogen (secondary N) is 2. The van der Waals surface area contributed by atoms with E-state index in [0.717, 1.165) is 17.7 Å². The molecule has 0 unspecified atom stereocenters. The number of carbonyl (C=O) groups excluding carboxylic acids is 1. The molecule has 0 radical (unpaired) electrons. The summed E-state index contributed by atoms with van der Waals surface area (Å²) in [7, 11) is 0. The first-order valence-electron chi connectivity index (χ1n) is 6.49. The second-order valence-electron chi connectivity index (χ2n) is 4.45. The second kappa shape index (κ2) is 7.44. The fourth-order valence-electron chi connectivity index (χ4n) is 1.74. The van der Waals surface area contributed by atoms with E-state index in [4.69, 9.17) is 0 Å². The lowest BCUT2D eigenvalue weighted by Gasteiger charge is -2.07. The van der Waals surface area contributed by atoms with Gasteiger partial charge in [0.2, 0.25) is 5.91 Å². The number of hydrogen-bond acceptors (Lipinski definition) is 3. The molecule has 4 nitrogen and oxygen atoms in total. The van der Waals surface area contributed by atoms with E-state index in [1.807, 2.05) is 12.1 Å². The minimum Gasteiger partial charge on any atom is -0.324 e. The van der Waals surface area contributed by atoms with Crippen molar-refractivity contribution in [3.63, 3.8) is 0 Å². The van der Waals surface area contributed by atoms with Gasteiger partial charge < -0.3 is 10.6 Å². The van der Waals surface area contributed by atoms with Gasteiger partial charge in [-0.3, -0.25) is 9.78 Å². The Balaban J connectivity index is 1.72. The van der Waals surface area contributed by atoms with Gasteiger partial charge in [-0.05, 0) is 29.8 Å². The number of nitrogens with zero attached hydrogens (tertiary/aromatic N) is 1. The fraction of sp³-hybridized carbons (Fsp3) is 0.200. The highest BCUT2D eigenvalue weighted by molar-refractivity contribution is 5.90. The summed E-state index contributed by atoms with van der Waals surface area (Å²) in [6.45, 7) is 1.08. The summed E-state index contributed by atoms with van der Waals surface area (Å²) in [6.07, 6.45) is 3.59. The Morgan fingerprint density at radius 3 is 2.62 bits per heavy atom. The van der Waals surface area contributed by atoms with E-state index in [-0.39, 0.29) is 18.0 Å². The highest BCUT2D eigenvalue weighted by Gasteiger charge is 2.07. The SMILES string of the molecule is O=C(CCNCc1ccncc1)Nc1ccc(F)cc1F. The largest absolute Gasteiger partial charge is 0.324 e. The van der Waals surface area contributed by atoms with E-state index in [1.54, 1.807) is 12.4 Å². The van der Waals surface area contributed by atoms with Crippen molar-refractivity contribution in [3.8, 4) is 0 Å². The maximum Gasteiger partial charge on any atom is 0.225 e. The Morgan fingerprint density at radius 1 is 1.14 bits per heavy atom. The Hall–Kier alpha value is -2.34. The van der Waals surface area contributed by atoms with Crippen LogP contribution < -0.4 is 10.6 Å². The van der Waals surface area contributed by atoms with Crippen molar-refractivity contribution in [2.75, 3.05) is 11.9 Å². The standard InChI is InChI=1S/C15H15F2N3O/c16-12-1-2-14(13(17)9-12)20-15(21)5-8-19-10-11-3-6-18-7-4-11/h1-4,6-7,9,19H,5,8,10H2,(H,20,21). The summed E-state index contributed by atoms with van der Waals surface area (Å²) in [6, 6.07) is 6.78. The number of benzene rings is 1. The van der Waals surface area contributed by atoms with Crippen molar-refractivity contribution in [2.45, 2.75) is 13.0 Å². The summed E-state index contributed by atoms with van der Waals surface area (Å²) < 4.78 is 26.1. The van der Waals surface area contributed by atoms with E-state index in [0.29, 0.717) is 13.1 Å². The van der Waals surface area contributed by atoms with Crippen LogP contribution in [0.1, 0.15) is 12.0 Å². The van der Waals surface area contributed by atoms with E-state index >= 15 is 0 Å². The van der Waals surface area contributed by atoms with Crippen LogP contribution in [0, 0.1) is 11.6 Å². The Labute approximate surface area is 121 Å². The van der Waals surface area contributed by atoms with Gasteiger partial charge in [-0.1, -0.05) is 0 Å². The van der Waals surface area contributed by atoms with Crippen molar-refractivity contribution in [3.05, 3.63) is 59.9 Å². The molecule has 0 spiro atoms. The number of amides is 1. The molecule has 0 bridgehead atoms. The highest BCUT2D eigenvalue weighted by atomic mass is 19.1. The van der Waals surface area contributed by atoms with E-state index < -0.39 is 11.6 Å². The molecule has 1 aromatic heterocycles. The Morgan fingerprint density at radius 2 is 1.90 bits per heavy atom. The molecule has 6 heteroatoms. The molecule has 0 aliphatic heterocycles. The molecule has 1 aromatic carbocycles. The van der Waals surface area contributed by atoms with Crippen LogP contribution in [-0.4, -0.2) is 17.4 Å². The number of hydrogen-bond donors (Lipinski definition) is 2. The average Bonchev–Trinajstić information content (AvgIpc) is 2.48. The van der Waals surface area contributed by atoms with Gasteiger partial charge >= 0.3 is 0 Å². The molecular formula is C15H15F2N3O. The summed E-state index contributed by atoms with van der Waals surface area (Å²) in [4.78, 5) is 15.5. The Kier molecular flexibility index (Phi) is 5.34. The van der Waals surface area contributed by atoms with Crippen molar-refractivity contribution in [2.24, 2.45) is 0 Å². The molecule has 2 aromatic rings. The molecule has 0 saturated carbocycles. The second-order valence-corrected chi connectivity index (χ2v) is 4.45. The zero-order valence-electron chi connectivity index (χ0n) is 11.3. The predicted octanol–water partition coefficient (Wildman–Crippen LogP) is 2.48. The third-order valence-corrected chi connectivity index (χ3v) is 2.81. The predicted molar refractivity (Wildman–Crippen MR) is 75.5 cm³/mol. The van der Waals surface area contributed by atoms with Crippen molar-refractivity contribution in [1.29, 1.82) is 0 Å². The zero-order valence-corrected chi connectivity index (χ0v) is 11.3. The average molecular weight is 291 g/mol. The minimum absolute atomic E-state index is 0.0180. The first-order valence-corrected chi connectivity index (χ1v) is 6.49. The molecular weight excluding hydrogens is 276 g/mol. The molecule has 2 N–H and O–H groups in total. The lowest BCUT2D eigenvalue weighted by atomic mass is 10.2. The monoisotopic (exact) mass is 291 g/mol. The molecule has 1 amide bonds. The topological polar surface area (TPSA) is 54.0 Å². The van der Waals surface area contributed by atoms with Crippen molar-refractivity contribution in [1.82, 2.24) is 10.3 Å². The highest BCUT2D eigenvalue weighted by Crippen LogP contribution is 2.14. The van der Waals surface area contributed by atoms with Gasteiger partial charge in [0.25, 0.3) is 0 Å². The van der Waals surface area contributed by atoms with Gasteiger partial charge in [-0.2, -0.15) is 0 Å². The van der Waals surface area contributed by atoms with Crippen LogP contribution >= 0.6 is 0 Å². The number of rotatable bonds is 6. The molecule has 0 fully saturated rings. The first kappa shape index (κ1) is 15.1. The van der Waals surface area contributed by atoms with E-state index in [1.165, 1.54) is 6.07 Å². The molecule has 1 heterocycles. The quantitative estimate of drug-likeness (QED) is 0.804. The summed E-state index contributed by atoms with van der Waals surface area (Å²) in [5.74, 6) is -1.79. The molecule has 2 rings (SSSR count). The number of anilines is 1. The first-order chi connectivity index (χ1) is 10.1. The third kappa shape index (κ3) is 4.92. The van der Waals surface area contributed by atoms with Crippen LogP contribution in [0.2, 0.25) is 0 Å². The van der Waals surface area contributed by atoms with Crippen LogP contribution in [0.3, 0.4) is 0 Å². The molecule has 110 valence electrons. The van der Waals surface area contributed by atoms with Crippen LogP contribution in [0.15, 0.2) is 42.7 Å². The van der Waals surface area contributed by atoms with Gasteiger partial charge in [0.1, 0.15) is 11.6 Å². The van der Waals surface area contributed by atoms with Gasteiger partial charge in [-0.15, -0.1) is 0 Å². The normalized spacial score (nSPS) is 10.4. The fourth-order valence-corrected chi connectivity index (χ4v) is 1.74. The van der Waals surface area contributed by atoms with Gasteiger partial charge in [-0.25, -0.2) is 8.78 Å². The van der Waals surface area contributed by atoms with Crippen LogP contribution in [0.5, 0.6) is 0 Å². The van der Waals surface area contributed by atoms with Gasteiger partial charge in [0, 0.05) is 38.0 Å². The summed E-state index contributed by atoms with van der Waals surface area (Å²) in [5.41, 5.74) is 1.05. The zero-order chi connectivity index (χ0) is 15.1. The van der Waals surface area contributed by atoms with Crippen LogP contribution in [-0.2, 0) is 11.3 Å². The number of pyridine rings is 1. The molecule has 0 aliphatic rings. The lowest BCUT2D eigenvalue weighted by molar-refractivity contribution is -0.116. The molecule has 21 heavy (non-hydrogen) atoms. The molecule has 0 aliphatic carbocycles. The van der Waals surface area contributed by atoms with Crippen molar-refractivity contribution < 1.29 is 13.6 Å². The third-order valence-electron chi connectivity index (χ3n) is 2.81. The lowest BCUT2D eigenvalue weighted by Crippen LogP contribution is -2.21. The van der Waals surface area contributed by atoms with E-state index in [9.17, 15) is 13.6 Å². The van der Waals surface area contributed by atoms with Gasteiger partial charge in [0.05, 0.1) is 5.69 Å². The van der Waals surface area contributed by atoms with Crippen LogP contribution in [0.25, 0.3) is 0 Å². The van der Waals surface area contributed by atoms with Crippen molar-refractivity contribution >= 4 is 11.6 Å². The Bertz CT molecular complexity index is 605. The number of halogens is 2. The maximum absolute atomic E-state index is 13.3. The number of aromatic nitrogens is 1. The van der Waals surface area contributed by atoms with Crippen LogP contribution in [0.4, 0.5) is 14.5 Å². The smallest absolute Gasteiger partial charge is 0.225 e.